The Bertz CT molecular complexity index is 557. The molecule has 0 bridgehead atoms. The van der Waals surface area contributed by atoms with E-state index in [1.165, 1.54) is 13.0 Å². The minimum atomic E-state index is -4.53. The third kappa shape index (κ3) is 4.06. The van der Waals surface area contributed by atoms with E-state index in [2.05, 4.69) is 4.74 Å². The molecule has 0 saturated carbocycles. The maximum Gasteiger partial charge on any atom is 0.340 e. The fourth-order valence-electron chi connectivity index (χ4n) is 1.13. The largest absolute Gasteiger partial charge is 0.487 e. The quantitative estimate of drug-likeness (QED) is 0.670. The molecule has 1 rings (SSSR count). The molecular weight excluding hydrogens is 292 g/mol. The molecule has 0 aliphatic rings. The second-order valence-corrected chi connectivity index (χ2v) is 5.17. The number of aryl methyl sites for hydroxylation is 1. The molecule has 1 N–H and O–H groups in total. The Kier molecular flexibility index (Phi) is 4.41. The first-order valence-corrected chi connectivity index (χ1v) is 6.35. The van der Waals surface area contributed by atoms with Gasteiger partial charge in [-0.15, -0.1) is 0 Å². The summed E-state index contributed by atoms with van der Waals surface area (Å²) in [6.45, 7) is -0.190. The highest BCUT2D eigenvalue weighted by Gasteiger charge is 2.41. The van der Waals surface area contributed by atoms with Gasteiger partial charge < -0.3 is 4.74 Å². The average Bonchev–Trinajstić information content (AvgIpc) is 2.26. The first kappa shape index (κ1) is 15.7. The van der Waals surface area contributed by atoms with E-state index >= 15 is 0 Å². The highest BCUT2D eigenvalue weighted by Crippen LogP contribution is 2.27. The Morgan fingerprint density at radius 1 is 1.37 bits per heavy atom. The van der Waals surface area contributed by atoms with Crippen molar-refractivity contribution in [3.8, 4) is 5.75 Å². The minimum absolute atomic E-state index is 0.262. The Labute approximate surface area is 106 Å². The summed E-state index contributed by atoms with van der Waals surface area (Å²) in [5, 5.41) is 0. The van der Waals surface area contributed by atoms with Crippen molar-refractivity contribution in [1.82, 2.24) is 0 Å². The Balaban J connectivity index is 2.96. The standard InChI is InChI=1S/C10H10F4O4S/c1-6-2-3-7(19(15,16)17)4-8(6)18-5-10(13,14)9(11)12/h2-4,9H,5H2,1H3,(H,15,16,17). The van der Waals surface area contributed by atoms with Crippen molar-refractivity contribution in [2.24, 2.45) is 0 Å². The highest BCUT2D eigenvalue weighted by molar-refractivity contribution is 7.85. The summed E-state index contributed by atoms with van der Waals surface area (Å²) >= 11 is 0. The first-order valence-electron chi connectivity index (χ1n) is 4.91. The Hall–Kier alpha value is -1.35. The lowest BCUT2D eigenvalue weighted by molar-refractivity contribution is -0.148. The molecule has 0 aliphatic heterocycles. The maximum absolute atomic E-state index is 12.7. The molecule has 0 heterocycles. The second-order valence-electron chi connectivity index (χ2n) is 3.75. The zero-order valence-electron chi connectivity index (χ0n) is 9.61. The van der Waals surface area contributed by atoms with Gasteiger partial charge in [0.15, 0.2) is 6.61 Å². The predicted octanol–water partition coefficient (Wildman–Crippen LogP) is 2.52. The summed E-state index contributed by atoms with van der Waals surface area (Å²) in [5.41, 5.74) is 0.262. The molecule has 0 amide bonds. The molecule has 0 fully saturated rings. The van der Waals surface area contributed by atoms with Crippen LogP contribution in [0.15, 0.2) is 23.1 Å². The number of alkyl halides is 4. The molecule has 0 spiro atoms. The van der Waals surface area contributed by atoms with Crippen molar-refractivity contribution in [1.29, 1.82) is 0 Å². The van der Waals surface area contributed by atoms with Gasteiger partial charge in [-0.1, -0.05) is 6.07 Å². The monoisotopic (exact) mass is 302 g/mol. The molecule has 0 atom stereocenters. The number of ether oxygens (including phenoxy) is 1. The highest BCUT2D eigenvalue weighted by atomic mass is 32.2. The maximum atomic E-state index is 12.7. The summed E-state index contributed by atoms with van der Waals surface area (Å²) in [6.07, 6.45) is -3.89. The molecule has 0 aliphatic carbocycles. The van der Waals surface area contributed by atoms with Gasteiger partial charge in [0.05, 0.1) is 4.90 Å². The molecule has 1 aromatic rings. The van der Waals surface area contributed by atoms with Crippen LogP contribution in [0.25, 0.3) is 0 Å². The van der Waals surface area contributed by atoms with Crippen LogP contribution in [0.1, 0.15) is 5.56 Å². The van der Waals surface area contributed by atoms with Crippen molar-refractivity contribution >= 4 is 10.1 Å². The van der Waals surface area contributed by atoms with Crippen molar-refractivity contribution in [2.75, 3.05) is 6.61 Å². The van der Waals surface area contributed by atoms with E-state index in [-0.39, 0.29) is 11.3 Å². The normalized spacial score (nSPS) is 12.8. The number of hydrogen-bond acceptors (Lipinski definition) is 3. The van der Waals surface area contributed by atoms with Gasteiger partial charge in [0.25, 0.3) is 10.1 Å². The number of benzene rings is 1. The molecule has 19 heavy (non-hydrogen) atoms. The topological polar surface area (TPSA) is 63.6 Å². The van der Waals surface area contributed by atoms with E-state index in [0.717, 1.165) is 12.1 Å². The lowest BCUT2D eigenvalue weighted by Crippen LogP contribution is -2.33. The van der Waals surface area contributed by atoms with Gasteiger partial charge in [-0.25, -0.2) is 8.78 Å². The van der Waals surface area contributed by atoms with Gasteiger partial charge in [-0.05, 0) is 18.6 Å². The van der Waals surface area contributed by atoms with Crippen LogP contribution in [0.5, 0.6) is 5.75 Å². The molecular formula is C10H10F4O4S. The first-order chi connectivity index (χ1) is 8.54. The fraction of sp³-hybridized carbons (Fsp3) is 0.400. The van der Waals surface area contributed by atoms with Gasteiger partial charge in [0, 0.05) is 6.07 Å². The zero-order valence-corrected chi connectivity index (χ0v) is 10.4. The molecule has 0 unspecified atom stereocenters. The minimum Gasteiger partial charge on any atom is -0.487 e. The molecule has 0 aromatic heterocycles. The molecule has 9 heteroatoms. The smallest absolute Gasteiger partial charge is 0.340 e. The fourth-order valence-corrected chi connectivity index (χ4v) is 1.63. The van der Waals surface area contributed by atoms with Crippen LogP contribution in [0.2, 0.25) is 0 Å². The van der Waals surface area contributed by atoms with Crippen molar-refractivity contribution in [3.63, 3.8) is 0 Å². The molecule has 1 aromatic carbocycles. The van der Waals surface area contributed by atoms with Gasteiger partial charge in [-0.3, -0.25) is 4.55 Å². The lowest BCUT2D eigenvalue weighted by atomic mass is 10.2. The van der Waals surface area contributed by atoms with E-state index in [0.29, 0.717) is 0 Å². The van der Waals surface area contributed by atoms with Gasteiger partial charge >= 0.3 is 12.3 Å². The molecule has 108 valence electrons. The summed E-state index contributed by atoms with van der Waals surface area (Å²) in [6, 6.07) is 3.01. The van der Waals surface area contributed by atoms with Crippen LogP contribution < -0.4 is 4.74 Å². The van der Waals surface area contributed by atoms with Crippen molar-refractivity contribution in [3.05, 3.63) is 23.8 Å². The van der Waals surface area contributed by atoms with Crippen molar-refractivity contribution in [2.45, 2.75) is 24.2 Å². The summed E-state index contributed by atoms with van der Waals surface area (Å²) in [5.74, 6) is -4.67. The van der Waals surface area contributed by atoms with Crippen LogP contribution in [-0.2, 0) is 10.1 Å². The van der Waals surface area contributed by atoms with Gasteiger partial charge in [0.2, 0.25) is 0 Å². The van der Waals surface area contributed by atoms with E-state index in [1.807, 2.05) is 0 Å². The zero-order chi connectivity index (χ0) is 14.8. The van der Waals surface area contributed by atoms with Crippen molar-refractivity contribution < 1.29 is 35.3 Å². The van der Waals surface area contributed by atoms with Crippen LogP contribution in [0.3, 0.4) is 0 Å². The van der Waals surface area contributed by atoms with E-state index < -0.39 is 34.0 Å². The third-order valence-electron chi connectivity index (χ3n) is 2.20. The third-order valence-corrected chi connectivity index (χ3v) is 3.05. The second kappa shape index (κ2) is 5.33. The Morgan fingerprint density at radius 3 is 2.42 bits per heavy atom. The van der Waals surface area contributed by atoms with E-state index in [4.69, 9.17) is 4.55 Å². The van der Waals surface area contributed by atoms with Crippen LogP contribution in [-0.4, -0.2) is 31.9 Å². The Morgan fingerprint density at radius 2 is 1.95 bits per heavy atom. The van der Waals surface area contributed by atoms with Crippen LogP contribution in [0, 0.1) is 6.92 Å². The average molecular weight is 302 g/mol. The lowest BCUT2D eigenvalue weighted by Gasteiger charge is -2.17. The molecule has 0 radical (unpaired) electrons. The molecule has 4 nitrogen and oxygen atoms in total. The van der Waals surface area contributed by atoms with Gasteiger partial charge in [0.1, 0.15) is 5.75 Å². The summed E-state index contributed by atoms with van der Waals surface area (Å²) < 4.78 is 84.1. The van der Waals surface area contributed by atoms with E-state index in [1.54, 1.807) is 0 Å². The molecule has 0 saturated heterocycles. The van der Waals surface area contributed by atoms with E-state index in [9.17, 15) is 26.0 Å². The van der Waals surface area contributed by atoms with Crippen LogP contribution >= 0.6 is 0 Å². The SMILES string of the molecule is Cc1ccc(S(=O)(=O)O)cc1OCC(F)(F)C(F)F. The summed E-state index contributed by atoms with van der Waals surface area (Å²) in [4.78, 5) is -0.575. The summed E-state index contributed by atoms with van der Waals surface area (Å²) in [7, 11) is -4.53. The van der Waals surface area contributed by atoms with Gasteiger partial charge in [-0.2, -0.15) is 17.2 Å². The number of halogens is 4. The number of hydrogen-bond donors (Lipinski definition) is 1. The van der Waals surface area contributed by atoms with Crippen LogP contribution in [0.4, 0.5) is 17.6 Å². The number of rotatable bonds is 5. The predicted molar refractivity (Wildman–Crippen MR) is 57.4 cm³/mol.